The predicted molar refractivity (Wildman–Crippen MR) is 93.3 cm³/mol. The molecule has 6 nitrogen and oxygen atoms in total. The first-order valence-corrected chi connectivity index (χ1v) is 8.57. The van der Waals surface area contributed by atoms with Crippen LogP contribution in [0.1, 0.15) is 25.6 Å². The number of hydrogen-bond acceptors (Lipinski definition) is 6. The fourth-order valence-electron chi connectivity index (χ4n) is 2.96. The van der Waals surface area contributed by atoms with Gasteiger partial charge in [-0.25, -0.2) is 0 Å². The molecule has 0 radical (unpaired) electrons. The highest BCUT2D eigenvalue weighted by atomic mass is 16.5. The predicted octanol–water partition coefficient (Wildman–Crippen LogP) is 2.60. The van der Waals surface area contributed by atoms with Crippen LogP contribution in [-0.2, 0) is 13.0 Å². The Kier molecular flexibility index (Phi) is 5.35. The van der Waals surface area contributed by atoms with E-state index in [2.05, 4.69) is 45.9 Å². The SMILES string of the molecule is COc1cccc(N2CCN(Cc3noc(CC(C)C)n3)CC2)c1. The minimum atomic E-state index is 0.532. The van der Waals surface area contributed by atoms with E-state index in [9.17, 15) is 0 Å². The Hall–Kier alpha value is -2.08. The number of ether oxygens (including phenoxy) is 1. The van der Waals surface area contributed by atoms with Crippen molar-refractivity contribution < 1.29 is 9.26 Å². The molecule has 0 amide bonds. The van der Waals surface area contributed by atoms with Gasteiger partial charge in [0.25, 0.3) is 0 Å². The fraction of sp³-hybridized carbons (Fsp3) is 0.556. The zero-order valence-electron chi connectivity index (χ0n) is 14.7. The summed E-state index contributed by atoms with van der Waals surface area (Å²) in [4.78, 5) is 9.26. The normalized spacial score (nSPS) is 15.9. The van der Waals surface area contributed by atoms with Crippen molar-refractivity contribution in [2.24, 2.45) is 5.92 Å². The maximum Gasteiger partial charge on any atom is 0.226 e. The number of nitrogens with zero attached hydrogens (tertiary/aromatic N) is 4. The van der Waals surface area contributed by atoms with Crippen molar-refractivity contribution in [1.29, 1.82) is 0 Å². The average Bonchev–Trinajstić information content (AvgIpc) is 3.01. The fourth-order valence-corrected chi connectivity index (χ4v) is 2.96. The molecule has 1 fully saturated rings. The molecule has 2 heterocycles. The van der Waals surface area contributed by atoms with E-state index in [-0.39, 0.29) is 0 Å². The summed E-state index contributed by atoms with van der Waals surface area (Å²) < 4.78 is 10.6. The molecule has 0 atom stereocenters. The number of hydrogen-bond donors (Lipinski definition) is 0. The summed E-state index contributed by atoms with van der Waals surface area (Å²) in [5.74, 6) is 2.97. The van der Waals surface area contributed by atoms with E-state index in [0.717, 1.165) is 56.6 Å². The summed E-state index contributed by atoms with van der Waals surface area (Å²) in [7, 11) is 1.70. The Labute approximate surface area is 143 Å². The number of rotatable bonds is 6. The van der Waals surface area contributed by atoms with Crippen molar-refractivity contribution >= 4 is 5.69 Å². The summed E-state index contributed by atoms with van der Waals surface area (Å²) in [5.41, 5.74) is 1.22. The van der Waals surface area contributed by atoms with Crippen LogP contribution in [0.25, 0.3) is 0 Å². The topological polar surface area (TPSA) is 54.6 Å². The molecule has 0 bridgehead atoms. The Balaban J connectivity index is 1.52. The lowest BCUT2D eigenvalue weighted by Gasteiger charge is -2.35. The molecule has 1 saturated heterocycles. The second-order valence-electron chi connectivity index (χ2n) is 6.67. The zero-order valence-corrected chi connectivity index (χ0v) is 14.7. The summed E-state index contributed by atoms with van der Waals surface area (Å²) in [6, 6.07) is 8.24. The lowest BCUT2D eigenvalue weighted by Crippen LogP contribution is -2.46. The van der Waals surface area contributed by atoms with Gasteiger partial charge in [-0.3, -0.25) is 4.90 Å². The standard InChI is InChI=1S/C18H26N4O2/c1-14(2)11-18-19-17(20-24-18)13-21-7-9-22(10-8-21)15-5-4-6-16(12-15)23-3/h4-6,12,14H,7-11,13H2,1-3H3. The van der Waals surface area contributed by atoms with Crippen molar-refractivity contribution in [1.82, 2.24) is 15.0 Å². The lowest BCUT2D eigenvalue weighted by atomic mass is 10.1. The molecule has 24 heavy (non-hydrogen) atoms. The molecule has 130 valence electrons. The van der Waals surface area contributed by atoms with E-state index in [1.165, 1.54) is 5.69 Å². The maximum atomic E-state index is 5.32. The molecule has 1 aliphatic heterocycles. The highest BCUT2D eigenvalue weighted by Crippen LogP contribution is 2.22. The van der Waals surface area contributed by atoms with Gasteiger partial charge in [-0.05, 0) is 18.1 Å². The lowest BCUT2D eigenvalue weighted by molar-refractivity contribution is 0.239. The Morgan fingerprint density at radius 2 is 2.00 bits per heavy atom. The van der Waals surface area contributed by atoms with E-state index in [0.29, 0.717) is 5.92 Å². The quantitative estimate of drug-likeness (QED) is 0.811. The molecule has 0 aliphatic carbocycles. The van der Waals surface area contributed by atoms with Crippen LogP contribution in [0.2, 0.25) is 0 Å². The van der Waals surface area contributed by atoms with Crippen LogP contribution >= 0.6 is 0 Å². The van der Waals surface area contributed by atoms with Gasteiger partial charge in [-0.2, -0.15) is 4.98 Å². The van der Waals surface area contributed by atoms with Gasteiger partial charge in [0.1, 0.15) is 5.75 Å². The van der Waals surface area contributed by atoms with Crippen LogP contribution in [0.3, 0.4) is 0 Å². The maximum absolute atomic E-state index is 5.32. The van der Waals surface area contributed by atoms with Gasteiger partial charge >= 0.3 is 0 Å². The Morgan fingerprint density at radius 1 is 1.21 bits per heavy atom. The monoisotopic (exact) mass is 330 g/mol. The van der Waals surface area contributed by atoms with E-state index < -0.39 is 0 Å². The molecular formula is C18H26N4O2. The third-order valence-electron chi connectivity index (χ3n) is 4.25. The number of methoxy groups -OCH3 is 1. The Morgan fingerprint density at radius 3 is 2.71 bits per heavy atom. The molecule has 6 heteroatoms. The molecule has 0 unspecified atom stereocenters. The number of aromatic nitrogens is 2. The summed E-state index contributed by atoms with van der Waals surface area (Å²) in [6.45, 7) is 9.03. The highest BCUT2D eigenvalue weighted by molar-refractivity contribution is 5.51. The van der Waals surface area contributed by atoms with E-state index in [1.54, 1.807) is 7.11 Å². The largest absolute Gasteiger partial charge is 0.497 e. The number of piperazine rings is 1. The molecule has 0 saturated carbocycles. The second-order valence-corrected chi connectivity index (χ2v) is 6.67. The minimum Gasteiger partial charge on any atom is -0.497 e. The molecule has 1 aliphatic rings. The van der Waals surface area contributed by atoms with Crippen molar-refractivity contribution in [3.05, 3.63) is 36.0 Å². The van der Waals surface area contributed by atoms with Crippen LogP contribution in [0, 0.1) is 5.92 Å². The van der Waals surface area contributed by atoms with Gasteiger partial charge in [0.05, 0.1) is 13.7 Å². The minimum absolute atomic E-state index is 0.532. The van der Waals surface area contributed by atoms with Crippen LogP contribution in [-0.4, -0.2) is 48.3 Å². The molecule has 1 aromatic heterocycles. The average molecular weight is 330 g/mol. The van der Waals surface area contributed by atoms with Crippen molar-refractivity contribution in [3.8, 4) is 5.75 Å². The smallest absolute Gasteiger partial charge is 0.226 e. The van der Waals surface area contributed by atoms with Gasteiger partial charge in [-0.1, -0.05) is 25.1 Å². The van der Waals surface area contributed by atoms with E-state index >= 15 is 0 Å². The van der Waals surface area contributed by atoms with Crippen LogP contribution < -0.4 is 9.64 Å². The van der Waals surface area contributed by atoms with Crippen LogP contribution in [0.15, 0.2) is 28.8 Å². The molecule has 1 aromatic carbocycles. The van der Waals surface area contributed by atoms with E-state index in [1.807, 2.05) is 12.1 Å². The molecule has 2 aromatic rings. The van der Waals surface area contributed by atoms with Crippen molar-refractivity contribution in [2.45, 2.75) is 26.8 Å². The van der Waals surface area contributed by atoms with Gasteiger partial charge < -0.3 is 14.2 Å². The first kappa shape index (κ1) is 16.8. The van der Waals surface area contributed by atoms with Crippen molar-refractivity contribution in [3.63, 3.8) is 0 Å². The molecule has 0 N–H and O–H groups in total. The number of anilines is 1. The zero-order chi connectivity index (χ0) is 16.9. The third-order valence-corrected chi connectivity index (χ3v) is 4.25. The highest BCUT2D eigenvalue weighted by Gasteiger charge is 2.19. The van der Waals surface area contributed by atoms with Gasteiger partial charge in [0, 0.05) is 44.4 Å². The summed E-state index contributed by atoms with van der Waals surface area (Å²) in [6.07, 6.45) is 0.844. The molecular weight excluding hydrogens is 304 g/mol. The summed E-state index contributed by atoms with van der Waals surface area (Å²) in [5, 5.41) is 4.11. The first-order valence-electron chi connectivity index (χ1n) is 8.57. The van der Waals surface area contributed by atoms with Gasteiger partial charge in [0.2, 0.25) is 5.89 Å². The van der Waals surface area contributed by atoms with Crippen LogP contribution in [0.5, 0.6) is 5.75 Å². The molecule has 3 rings (SSSR count). The summed E-state index contributed by atoms with van der Waals surface area (Å²) >= 11 is 0. The third kappa shape index (κ3) is 4.26. The first-order chi connectivity index (χ1) is 11.6. The van der Waals surface area contributed by atoms with Gasteiger partial charge in [0.15, 0.2) is 5.82 Å². The van der Waals surface area contributed by atoms with E-state index in [4.69, 9.17) is 9.26 Å². The van der Waals surface area contributed by atoms with Crippen molar-refractivity contribution in [2.75, 3.05) is 38.2 Å². The van der Waals surface area contributed by atoms with Crippen LogP contribution in [0.4, 0.5) is 5.69 Å². The van der Waals surface area contributed by atoms with Gasteiger partial charge in [-0.15, -0.1) is 0 Å². The second kappa shape index (κ2) is 7.66. The Bertz CT molecular complexity index is 648. The number of benzene rings is 1. The molecule has 0 spiro atoms.